The van der Waals surface area contributed by atoms with Crippen molar-refractivity contribution in [1.29, 1.82) is 0 Å². The predicted molar refractivity (Wildman–Crippen MR) is 95.6 cm³/mol. The third-order valence-electron chi connectivity index (χ3n) is 3.41. The number of benzene rings is 2. The fraction of sp³-hybridized carbons (Fsp3) is 0.278. The highest BCUT2D eigenvalue weighted by molar-refractivity contribution is 9.10. The summed E-state index contributed by atoms with van der Waals surface area (Å²) in [4.78, 5) is 12.2. The maximum absolute atomic E-state index is 12.2. The average Bonchev–Trinajstić information content (AvgIpc) is 2.61. The summed E-state index contributed by atoms with van der Waals surface area (Å²) < 4.78 is 17.0. The lowest BCUT2D eigenvalue weighted by Gasteiger charge is -2.15. The molecule has 0 spiro atoms. The van der Waals surface area contributed by atoms with E-state index in [1.807, 2.05) is 42.5 Å². The summed E-state index contributed by atoms with van der Waals surface area (Å²) in [7, 11) is 3.16. The zero-order valence-corrected chi connectivity index (χ0v) is 15.4. The Morgan fingerprint density at radius 2 is 1.75 bits per heavy atom. The van der Waals surface area contributed by atoms with Crippen molar-refractivity contribution in [2.24, 2.45) is 0 Å². The van der Waals surface area contributed by atoms with E-state index in [1.165, 1.54) is 0 Å². The zero-order chi connectivity index (χ0) is 17.5. The minimum atomic E-state index is -0.591. The number of ether oxygens (including phenoxy) is 3. The number of methoxy groups -OCH3 is 2. The molecule has 0 fully saturated rings. The number of hydrogen-bond acceptors (Lipinski definition) is 4. The first kappa shape index (κ1) is 18.1. The van der Waals surface area contributed by atoms with Gasteiger partial charge in [0.05, 0.1) is 14.2 Å². The van der Waals surface area contributed by atoms with E-state index in [4.69, 9.17) is 14.2 Å². The molecule has 0 aliphatic carbocycles. The van der Waals surface area contributed by atoms with Crippen LogP contribution in [-0.2, 0) is 11.3 Å². The third kappa shape index (κ3) is 4.89. The molecule has 1 atom stereocenters. The van der Waals surface area contributed by atoms with Crippen LogP contribution in [0.4, 0.5) is 0 Å². The lowest BCUT2D eigenvalue weighted by Crippen LogP contribution is -2.35. The molecule has 0 saturated carbocycles. The number of amides is 1. The number of hydrogen-bond donors (Lipinski definition) is 1. The molecule has 1 N–H and O–H groups in total. The summed E-state index contributed by atoms with van der Waals surface area (Å²) in [5, 5.41) is 2.85. The van der Waals surface area contributed by atoms with Crippen LogP contribution in [0.5, 0.6) is 17.2 Å². The minimum absolute atomic E-state index is 0.187. The van der Waals surface area contributed by atoms with Gasteiger partial charge in [0.1, 0.15) is 5.75 Å². The maximum atomic E-state index is 12.2. The Hall–Kier alpha value is -2.21. The number of halogens is 1. The molecule has 0 saturated heterocycles. The van der Waals surface area contributed by atoms with Gasteiger partial charge in [0.25, 0.3) is 5.91 Å². The third-order valence-corrected chi connectivity index (χ3v) is 3.94. The summed E-state index contributed by atoms with van der Waals surface area (Å²) >= 11 is 3.36. The second-order valence-corrected chi connectivity index (χ2v) is 6.04. The van der Waals surface area contributed by atoms with E-state index in [0.29, 0.717) is 23.8 Å². The number of carbonyl (C=O) groups is 1. The molecule has 128 valence electrons. The van der Waals surface area contributed by atoms with E-state index in [0.717, 1.165) is 10.0 Å². The van der Waals surface area contributed by atoms with Gasteiger partial charge in [0.15, 0.2) is 17.6 Å². The highest BCUT2D eigenvalue weighted by Gasteiger charge is 2.14. The molecule has 0 heterocycles. The van der Waals surface area contributed by atoms with Gasteiger partial charge in [0.2, 0.25) is 0 Å². The van der Waals surface area contributed by atoms with E-state index >= 15 is 0 Å². The fourth-order valence-corrected chi connectivity index (χ4v) is 2.36. The molecule has 24 heavy (non-hydrogen) atoms. The first-order valence-electron chi connectivity index (χ1n) is 7.44. The Labute approximate surface area is 150 Å². The summed E-state index contributed by atoms with van der Waals surface area (Å²) in [6.45, 7) is 2.10. The van der Waals surface area contributed by atoms with Crippen LogP contribution in [0.25, 0.3) is 0 Å². The van der Waals surface area contributed by atoms with Gasteiger partial charge in [-0.25, -0.2) is 0 Å². The lowest BCUT2D eigenvalue weighted by molar-refractivity contribution is -0.127. The first-order chi connectivity index (χ1) is 11.5. The van der Waals surface area contributed by atoms with Crippen LogP contribution >= 0.6 is 15.9 Å². The van der Waals surface area contributed by atoms with Crippen molar-refractivity contribution < 1.29 is 19.0 Å². The molecule has 6 heteroatoms. The molecule has 1 amide bonds. The second kappa shape index (κ2) is 8.59. The lowest BCUT2D eigenvalue weighted by atomic mass is 10.2. The number of rotatable bonds is 7. The summed E-state index contributed by atoms with van der Waals surface area (Å²) in [6.07, 6.45) is -0.591. The molecule has 2 aromatic carbocycles. The summed E-state index contributed by atoms with van der Waals surface area (Å²) in [5.74, 6) is 1.74. The van der Waals surface area contributed by atoms with Crippen LogP contribution < -0.4 is 19.5 Å². The molecule has 2 rings (SSSR count). The number of carbonyl (C=O) groups excluding carboxylic acids is 1. The zero-order valence-electron chi connectivity index (χ0n) is 13.8. The first-order valence-corrected chi connectivity index (χ1v) is 8.23. The largest absolute Gasteiger partial charge is 0.493 e. The second-order valence-electron chi connectivity index (χ2n) is 5.12. The molecule has 0 aliphatic heterocycles. The molecule has 0 radical (unpaired) electrons. The van der Waals surface area contributed by atoms with Crippen molar-refractivity contribution in [3.8, 4) is 17.2 Å². The quantitative estimate of drug-likeness (QED) is 0.781. The normalized spacial score (nSPS) is 11.5. The SMILES string of the molecule is COc1ccc(CNC(=O)C(C)Oc2ccc(Br)cc2)cc1OC. The van der Waals surface area contributed by atoms with Crippen molar-refractivity contribution in [2.45, 2.75) is 19.6 Å². The van der Waals surface area contributed by atoms with Crippen LogP contribution in [0.1, 0.15) is 12.5 Å². The Morgan fingerprint density at radius 1 is 1.08 bits per heavy atom. The van der Waals surface area contributed by atoms with Gasteiger partial charge < -0.3 is 19.5 Å². The van der Waals surface area contributed by atoms with E-state index < -0.39 is 6.10 Å². The standard InChI is InChI=1S/C18H20BrNO4/c1-12(24-15-7-5-14(19)6-8-15)18(21)20-11-13-4-9-16(22-2)17(10-13)23-3/h4-10,12H,11H2,1-3H3,(H,20,21). The van der Waals surface area contributed by atoms with Gasteiger partial charge in [-0.15, -0.1) is 0 Å². The van der Waals surface area contributed by atoms with Gasteiger partial charge in [0, 0.05) is 11.0 Å². The van der Waals surface area contributed by atoms with Gasteiger partial charge in [-0.1, -0.05) is 22.0 Å². The molecule has 1 unspecified atom stereocenters. The molecule has 5 nitrogen and oxygen atoms in total. The highest BCUT2D eigenvalue weighted by atomic mass is 79.9. The smallest absolute Gasteiger partial charge is 0.261 e. The van der Waals surface area contributed by atoms with E-state index in [-0.39, 0.29) is 5.91 Å². The van der Waals surface area contributed by atoms with E-state index in [1.54, 1.807) is 21.1 Å². The summed E-state index contributed by atoms with van der Waals surface area (Å²) in [5.41, 5.74) is 0.914. The number of nitrogens with one attached hydrogen (secondary N) is 1. The van der Waals surface area contributed by atoms with E-state index in [9.17, 15) is 4.79 Å². The maximum Gasteiger partial charge on any atom is 0.261 e. The van der Waals surface area contributed by atoms with Gasteiger partial charge >= 0.3 is 0 Å². The van der Waals surface area contributed by atoms with Gasteiger partial charge in [-0.2, -0.15) is 0 Å². The van der Waals surface area contributed by atoms with Crippen molar-refractivity contribution in [2.75, 3.05) is 14.2 Å². The molecule has 0 aromatic heterocycles. The van der Waals surface area contributed by atoms with E-state index in [2.05, 4.69) is 21.2 Å². The monoisotopic (exact) mass is 393 g/mol. The molecule has 0 bridgehead atoms. The fourth-order valence-electron chi connectivity index (χ4n) is 2.09. The molecular weight excluding hydrogens is 374 g/mol. The minimum Gasteiger partial charge on any atom is -0.493 e. The van der Waals surface area contributed by atoms with Crippen molar-refractivity contribution in [3.63, 3.8) is 0 Å². The summed E-state index contributed by atoms with van der Waals surface area (Å²) in [6, 6.07) is 12.9. The van der Waals surface area contributed by atoms with Crippen LogP contribution in [0.3, 0.4) is 0 Å². The van der Waals surface area contributed by atoms with Crippen molar-refractivity contribution in [3.05, 3.63) is 52.5 Å². The Morgan fingerprint density at radius 3 is 2.38 bits per heavy atom. The van der Waals surface area contributed by atoms with Crippen molar-refractivity contribution >= 4 is 21.8 Å². The Balaban J connectivity index is 1.91. The molecule has 2 aromatic rings. The van der Waals surface area contributed by atoms with Crippen molar-refractivity contribution in [1.82, 2.24) is 5.32 Å². The average molecular weight is 394 g/mol. The highest BCUT2D eigenvalue weighted by Crippen LogP contribution is 2.27. The predicted octanol–water partition coefficient (Wildman–Crippen LogP) is 3.55. The molecule has 0 aliphatic rings. The van der Waals surface area contributed by atoms with Crippen LogP contribution in [0.2, 0.25) is 0 Å². The topological polar surface area (TPSA) is 56.8 Å². The molecular formula is C18H20BrNO4. The van der Waals surface area contributed by atoms with Crippen LogP contribution in [0.15, 0.2) is 46.9 Å². The van der Waals surface area contributed by atoms with Crippen LogP contribution in [0, 0.1) is 0 Å². The van der Waals surface area contributed by atoms with Gasteiger partial charge in [-0.05, 0) is 48.9 Å². The van der Waals surface area contributed by atoms with Crippen LogP contribution in [-0.4, -0.2) is 26.2 Å². The Bertz CT molecular complexity index is 688. The Kier molecular flexibility index (Phi) is 6.49. The van der Waals surface area contributed by atoms with Gasteiger partial charge in [-0.3, -0.25) is 4.79 Å².